The van der Waals surface area contributed by atoms with E-state index in [2.05, 4.69) is 51.4 Å². The zero-order valence-corrected chi connectivity index (χ0v) is 13.4. The first-order valence-corrected chi connectivity index (χ1v) is 8.04. The van der Waals surface area contributed by atoms with Crippen LogP contribution >= 0.6 is 0 Å². The number of nitrogens with one attached hydrogen (secondary N) is 1. The molecule has 5 nitrogen and oxygen atoms in total. The lowest BCUT2D eigenvalue weighted by atomic mass is 10.0. The summed E-state index contributed by atoms with van der Waals surface area (Å²) in [5.74, 6) is 0. The molecule has 2 aromatic rings. The molecule has 0 radical (unpaired) electrons. The second-order valence-corrected chi connectivity index (χ2v) is 5.82. The molecule has 1 saturated heterocycles. The van der Waals surface area contributed by atoms with Gasteiger partial charge in [-0.3, -0.25) is 0 Å². The second kappa shape index (κ2) is 7.39. The molecule has 120 valence electrons. The summed E-state index contributed by atoms with van der Waals surface area (Å²) in [6.45, 7) is 2.09. The van der Waals surface area contributed by atoms with Gasteiger partial charge in [0.25, 0.3) is 0 Å². The highest BCUT2D eigenvalue weighted by Crippen LogP contribution is 2.27. The molecule has 0 aliphatic carbocycles. The van der Waals surface area contributed by atoms with Crippen LogP contribution in [-0.4, -0.2) is 17.7 Å². The smallest absolute Gasteiger partial charge is 0.145 e. The largest absolute Gasteiger partial charge is 0.371 e. The third kappa shape index (κ3) is 3.59. The van der Waals surface area contributed by atoms with Gasteiger partial charge in [-0.05, 0) is 49.2 Å². The Labute approximate surface area is 142 Å². The van der Waals surface area contributed by atoms with Gasteiger partial charge in [-0.2, -0.15) is 10.5 Å². The highest BCUT2D eigenvalue weighted by Gasteiger charge is 2.19. The minimum Gasteiger partial charge on any atom is -0.371 e. The number of benzene rings is 1. The number of hydrogen-bond acceptors (Lipinski definition) is 4. The first-order valence-electron chi connectivity index (χ1n) is 8.04. The predicted octanol–water partition coefficient (Wildman–Crippen LogP) is 3.67. The second-order valence-electron chi connectivity index (χ2n) is 5.82. The lowest BCUT2D eigenvalue weighted by Gasteiger charge is -2.34. The first kappa shape index (κ1) is 15.7. The van der Waals surface area contributed by atoms with E-state index in [0.29, 0.717) is 6.04 Å². The summed E-state index contributed by atoms with van der Waals surface area (Å²) in [6.07, 6.45) is 8.00. The lowest BCUT2D eigenvalue weighted by molar-refractivity contribution is 0.397. The van der Waals surface area contributed by atoms with Gasteiger partial charge in [0.1, 0.15) is 17.7 Å². The van der Waals surface area contributed by atoms with E-state index >= 15 is 0 Å². The predicted molar refractivity (Wildman–Crippen MR) is 94.3 cm³/mol. The molecule has 0 unspecified atom stereocenters. The summed E-state index contributed by atoms with van der Waals surface area (Å²) in [5.41, 5.74) is 2.13. The average Bonchev–Trinajstić information content (AvgIpc) is 3.18. The summed E-state index contributed by atoms with van der Waals surface area (Å²) in [6, 6.07) is 16.5. The van der Waals surface area contributed by atoms with Crippen molar-refractivity contribution in [2.24, 2.45) is 0 Å². The van der Waals surface area contributed by atoms with Crippen LogP contribution < -0.4 is 10.2 Å². The molecule has 3 rings (SSSR count). The van der Waals surface area contributed by atoms with Crippen molar-refractivity contribution in [2.45, 2.75) is 18.9 Å². The minimum absolute atomic E-state index is 0.0613. The molecule has 5 heteroatoms. The van der Waals surface area contributed by atoms with Crippen LogP contribution in [0.5, 0.6) is 0 Å². The van der Waals surface area contributed by atoms with Crippen LogP contribution in [0.15, 0.2) is 60.6 Å². The van der Waals surface area contributed by atoms with Gasteiger partial charge in [0.05, 0.1) is 0 Å². The summed E-state index contributed by atoms with van der Waals surface area (Å²) in [5, 5.41) is 20.4. The highest BCUT2D eigenvalue weighted by molar-refractivity contribution is 5.57. The van der Waals surface area contributed by atoms with Crippen molar-refractivity contribution in [3.05, 3.63) is 60.6 Å². The Balaban J connectivity index is 1.58. The maximum absolute atomic E-state index is 8.72. The van der Waals surface area contributed by atoms with Crippen molar-refractivity contribution < 1.29 is 0 Å². The van der Waals surface area contributed by atoms with Crippen molar-refractivity contribution in [3.8, 4) is 12.1 Å². The molecule has 0 bridgehead atoms. The molecule has 1 aliphatic heterocycles. The van der Waals surface area contributed by atoms with Gasteiger partial charge in [0.2, 0.25) is 0 Å². The number of allylic oxidation sites excluding steroid dienone is 1. The number of rotatable bonds is 4. The molecule has 1 aromatic heterocycles. The van der Waals surface area contributed by atoms with Crippen LogP contribution in [0.4, 0.5) is 11.4 Å². The zero-order valence-electron chi connectivity index (χ0n) is 13.4. The molecule has 0 atom stereocenters. The fourth-order valence-corrected chi connectivity index (χ4v) is 3.03. The number of nitriles is 2. The standard InChI is InChI=1S/C19H19N5/c20-13-16(14-21)15-22-17-3-5-18(6-4-17)24-11-7-19(8-12-24)23-9-1-2-10-23/h1-6,9-10,15,19,22H,7-8,11-12H2. The van der Waals surface area contributed by atoms with Gasteiger partial charge in [-0.15, -0.1) is 0 Å². The summed E-state index contributed by atoms with van der Waals surface area (Å²) < 4.78 is 2.30. The Bertz CT molecular complexity index is 751. The van der Waals surface area contributed by atoms with Gasteiger partial charge in [0, 0.05) is 49.1 Å². The molecule has 1 aromatic carbocycles. The average molecular weight is 317 g/mol. The Morgan fingerprint density at radius 3 is 2.25 bits per heavy atom. The van der Waals surface area contributed by atoms with Crippen LogP contribution in [0.3, 0.4) is 0 Å². The number of nitrogens with zero attached hydrogens (tertiary/aromatic N) is 4. The third-order valence-corrected chi connectivity index (χ3v) is 4.37. The molecule has 0 saturated carbocycles. The van der Waals surface area contributed by atoms with Crippen molar-refractivity contribution >= 4 is 11.4 Å². The van der Waals surface area contributed by atoms with Gasteiger partial charge in [0.15, 0.2) is 0 Å². The molecule has 1 fully saturated rings. The lowest BCUT2D eigenvalue weighted by Crippen LogP contribution is -2.34. The van der Waals surface area contributed by atoms with E-state index in [1.807, 2.05) is 24.3 Å². The molecule has 1 N–H and O–H groups in total. The molecule has 1 aliphatic rings. The highest BCUT2D eigenvalue weighted by atomic mass is 15.2. The fourth-order valence-electron chi connectivity index (χ4n) is 3.03. The SMILES string of the molecule is N#CC(C#N)=CNc1ccc(N2CCC(n3cccc3)CC2)cc1. The molecular formula is C19H19N5. The number of aromatic nitrogens is 1. The summed E-state index contributed by atoms with van der Waals surface area (Å²) in [7, 11) is 0. The third-order valence-electron chi connectivity index (χ3n) is 4.37. The Morgan fingerprint density at radius 1 is 1.04 bits per heavy atom. The van der Waals surface area contributed by atoms with E-state index in [1.54, 1.807) is 0 Å². The maximum atomic E-state index is 8.72. The number of hydrogen-bond donors (Lipinski definition) is 1. The van der Waals surface area contributed by atoms with E-state index in [4.69, 9.17) is 10.5 Å². The Hall–Kier alpha value is -3.18. The summed E-state index contributed by atoms with van der Waals surface area (Å²) >= 11 is 0. The van der Waals surface area contributed by atoms with Gasteiger partial charge < -0.3 is 14.8 Å². The number of anilines is 2. The normalized spacial score (nSPS) is 14.5. The topological polar surface area (TPSA) is 67.8 Å². The van der Waals surface area contributed by atoms with Crippen molar-refractivity contribution in [2.75, 3.05) is 23.3 Å². The molecule has 0 spiro atoms. The molecule has 0 amide bonds. The monoisotopic (exact) mass is 317 g/mol. The van der Waals surface area contributed by atoms with Gasteiger partial charge in [-0.25, -0.2) is 0 Å². The van der Waals surface area contributed by atoms with Crippen LogP contribution in [-0.2, 0) is 0 Å². The van der Waals surface area contributed by atoms with Crippen LogP contribution in [0.25, 0.3) is 0 Å². The molecular weight excluding hydrogens is 298 g/mol. The Kier molecular flexibility index (Phi) is 4.84. The van der Waals surface area contributed by atoms with Crippen LogP contribution in [0, 0.1) is 22.7 Å². The molecule has 2 heterocycles. The Morgan fingerprint density at radius 2 is 1.67 bits per heavy atom. The van der Waals surface area contributed by atoms with Crippen molar-refractivity contribution in [3.63, 3.8) is 0 Å². The minimum atomic E-state index is 0.0613. The molecule has 24 heavy (non-hydrogen) atoms. The van der Waals surface area contributed by atoms with Crippen LogP contribution in [0.2, 0.25) is 0 Å². The first-order chi connectivity index (χ1) is 11.8. The number of piperidine rings is 1. The zero-order chi connectivity index (χ0) is 16.8. The van der Waals surface area contributed by atoms with E-state index in [1.165, 1.54) is 11.9 Å². The summed E-state index contributed by atoms with van der Waals surface area (Å²) in [4.78, 5) is 2.40. The maximum Gasteiger partial charge on any atom is 0.145 e. The van der Waals surface area contributed by atoms with E-state index in [-0.39, 0.29) is 5.57 Å². The van der Waals surface area contributed by atoms with Crippen molar-refractivity contribution in [1.82, 2.24) is 4.57 Å². The van der Waals surface area contributed by atoms with Crippen molar-refractivity contribution in [1.29, 1.82) is 10.5 Å². The van der Waals surface area contributed by atoms with Gasteiger partial charge >= 0.3 is 0 Å². The van der Waals surface area contributed by atoms with E-state index < -0.39 is 0 Å². The quantitative estimate of drug-likeness (QED) is 0.874. The van der Waals surface area contributed by atoms with Crippen LogP contribution in [0.1, 0.15) is 18.9 Å². The van der Waals surface area contributed by atoms with E-state index in [0.717, 1.165) is 31.6 Å². The van der Waals surface area contributed by atoms with E-state index in [9.17, 15) is 0 Å². The van der Waals surface area contributed by atoms with Gasteiger partial charge in [-0.1, -0.05) is 0 Å². The fraction of sp³-hybridized carbons (Fsp3) is 0.263.